The predicted octanol–water partition coefficient (Wildman–Crippen LogP) is 1.86. The topological polar surface area (TPSA) is 125 Å². The Kier molecular flexibility index (Phi) is 7.24. The molecule has 1 amide bonds. The number of nitrogens with zero attached hydrogens (tertiary/aromatic N) is 3. The third kappa shape index (κ3) is 5.57. The molecule has 4 rings (SSSR count). The summed E-state index contributed by atoms with van der Waals surface area (Å²) < 4.78 is 6.25. The van der Waals surface area contributed by atoms with Crippen LogP contribution in [0.25, 0.3) is 0 Å². The molecule has 0 bridgehead atoms. The molecular formula is C21H28N4O5S. The fraction of sp³-hybridized carbons (Fsp3) is 0.524. The largest absolute Gasteiger partial charge is 0.483 e. The van der Waals surface area contributed by atoms with E-state index in [0.717, 1.165) is 36.1 Å². The number of piperidine rings is 1. The second kappa shape index (κ2) is 9.71. The molecule has 2 aromatic rings. The Bertz CT molecular complexity index is 881. The summed E-state index contributed by atoms with van der Waals surface area (Å²) in [7, 11) is 0. The molecule has 2 aliphatic rings. The minimum Gasteiger partial charge on any atom is -0.483 e. The van der Waals surface area contributed by atoms with Gasteiger partial charge in [-0.05, 0) is 38.8 Å². The standard InChI is InChI=1S/C20H26N4O3S.CH2O2/c1-14-22-23-18(28-14)24-10-8-20(9-11-24)13-19(2,26)16(12-27-20)21-17(25)15-6-4-3-5-7-15;2-1-3/h3-7,16,26H,8-13H2,1-2H3,(H,21,25);1H,(H,2,3)/t16-,19-;/m0./s1. The molecule has 3 heterocycles. The first kappa shape index (κ1) is 23.1. The highest BCUT2D eigenvalue weighted by Gasteiger charge is 2.49. The van der Waals surface area contributed by atoms with Crippen LogP contribution in [-0.4, -0.2) is 69.7 Å². The number of amides is 1. The summed E-state index contributed by atoms with van der Waals surface area (Å²) in [5.41, 5.74) is -0.794. The molecular weight excluding hydrogens is 420 g/mol. The third-order valence-corrected chi connectivity index (χ3v) is 6.69. The van der Waals surface area contributed by atoms with Gasteiger partial charge in [0.05, 0.1) is 23.9 Å². The van der Waals surface area contributed by atoms with E-state index in [1.807, 2.05) is 25.1 Å². The van der Waals surface area contributed by atoms with E-state index in [1.165, 1.54) is 0 Å². The molecule has 168 valence electrons. The highest BCUT2D eigenvalue weighted by Crippen LogP contribution is 2.40. The van der Waals surface area contributed by atoms with Gasteiger partial charge in [-0.25, -0.2) is 0 Å². The molecule has 10 heteroatoms. The Balaban J connectivity index is 0.000000858. The first-order valence-corrected chi connectivity index (χ1v) is 11.0. The molecule has 3 N–H and O–H groups in total. The van der Waals surface area contributed by atoms with E-state index in [9.17, 15) is 9.90 Å². The van der Waals surface area contributed by atoms with Gasteiger partial charge in [-0.3, -0.25) is 9.59 Å². The van der Waals surface area contributed by atoms with Crippen LogP contribution in [0.3, 0.4) is 0 Å². The lowest BCUT2D eigenvalue weighted by Gasteiger charge is -2.51. The van der Waals surface area contributed by atoms with Gasteiger partial charge in [0, 0.05) is 25.1 Å². The molecule has 2 saturated heterocycles. The van der Waals surface area contributed by atoms with Gasteiger partial charge < -0.3 is 25.2 Å². The van der Waals surface area contributed by atoms with Gasteiger partial charge in [-0.1, -0.05) is 29.5 Å². The van der Waals surface area contributed by atoms with Crippen LogP contribution in [0.4, 0.5) is 5.13 Å². The Morgan fingerprint density at radius 3 is 2.48 bits per heavy atom. The number of ether oxygens (including phenoxy) is 1. The maximum absolute atomic E-state index is 12.5. The van der Waals surface area contributed by atoms with Crippen LogP contribution in [0.2, 0.25) is 0 Å². The first-order chi connectivity index (χ1) is 14.8. The van der Waals surface area contributed by atoms with Crippen molar-refractivity contribution in [1.29, 1.82) is 0 Å². The average molecular weight is 449 g/mol. The second-order valence-corrected chi connectivity index (χ2v) is 9.28. The molecule has 2 aliphatic heterocycles. The van der Waals surface area contributed by atoms with Gasteiger partial charge in [-0.2, -0.15) is 0 Å². The van der Waals surface area contributed by atoms with E-state index in [0.29, 0.717) is 18.6 Å². The van der Waals surface area contributed by atoms with E-state index in [4.69, 9.17) is 14.6 Å². The van der Waals surface area contributed by atoms with Crippen molar-refractivity contribution in [3.63, 3.8) is 0 Å². The van der Waals surface area contributed by atoms with Gasteiger partial charge in [0.2, 0.25) is 5.13 Å². The highest BCUT2D eigenvalue weighted by atomic mass is 32.1. The number of hydrogen-bond donors (Lipinski definition) is 3. The molecule has 1 aromatic carbocycles. The number of aliphatic hydroxyl groups is 1. The van der Waals surface area contributed by atoms with Crippen molar-refractivity contribution in [3.05, 3.63) is 40.9 Å². The van der Waals surface area contributed by atoms with E-state index < -0.39 is 11.6 Å². The van der Waals surface area contributed by atoms with Crippen molar-refractivity contribution in [2.75, 3.05) is 24.6 Å². The molecule has 0 aliphatic carbocycles. The Morgan fingerprint density at radius 2 is 1.94 bits per heavy atom. The number of nitrogens with one attached hydrogen (secondary N) is 1. The lowest BCUT2D eigenvalue weighted by atomic mass is 9.75. The van der Waals surface area contributed by atoms with Crippen LogP contribution in [0.1, 0.15) is 41.6 Å². The molecule has 9 nitrogen and oxygen atoms in total. The molecule has 0 radical (unpaired) electrons. The number of rotatable bonds is 3. The maximum atomic E-state index is 12.5. The normalized spacial score (nSPS) is 24.7. The van der Waals surface area contributed by atoms with Crippen LogP contribution in [0.5, 0.6) is 0 Å². The number of carbonyl (C=O) groups excluding carboxylic acids is 1. The maximum Gasteiger partial charge on any atom is 0.290 e. The van der Waals surface area contributed by atoms with Gasteiger partial charge in [-0.15, -0.1) is 10.2 Å². The van der Waals surface area contributed by atoms with Crippen molar-refractivity contribution < 1.29 is 24.5 Å². The monoisotopic (exact) mass is 448 g/mol. The number of hydrogen-bond acceptors (Lipinski definition) is 8. The molecule has 2 atom stereocenters. The number of anilines is 1. The Morgan fingerprint density at radius 1 is 1.29 bits per heavy atom. The van der Waals surface area contributed by atoms with Crippen LogP contribution in [-0.2, 0) is 9.53 Å². The number of aromatic nitrogens is 2. The van der Waals surface area contributed by atoms with Gasteiger partial charge in [0.15, 0.2) is 0 Å². The van der Waals surface area contributed by atoms with E-state index >= 15 is 0 Å². The quantitative estimate of drug-likeness (QED) is 0.608. The molecule has 1 spiro atoms. The summed E-state index contributed by atoms with van der Waals surface area (Å²) >= 11 is 1.60. The van der Waals surface area contributed by atoms with Crippen LogP contribution >= 0.6 is 11.3 Å². The molecule has 0 saturated carbocycles. The summed E-state index contributed by atoms with van der Waals surface area (Å²) in [5, 5.41) is 31.2. The van der Waals surface area contributed by atoms with Crippen molar-refractivity contribution in [3.8, 4) is 0 Å². The van der Waals surface area contributed by atoms with E-state index in [-0.39, 0.29) is 18.0 Å². The molecule has 31 heavy (non-hydrogen) atoms. The zero-order chi connectivity index (χ0) is 22.5. The SMILES string of the molecule is Cc1nnc(N2CCC3(CC2)C[C@](C)(O)[C@@H](NC(=O)c2ccccc2)CO3)s1.O=CO. The molecule has 2 fully saturated rings. The van der Waals surface area contributed by atoms with Crippen molar-refractivity contribution in [1.82, 2.24) is 15.5 Å². The smallest absolute Gasteiger partial charge is 0.290 e. The van der Waals surface area contributed by atoms with Gasteiger partial charge in [0.25, 0.3) is 12.4 Å². The average Bonchev–Trinajstić information content (AvgIpc) is 3.18. The Hall–Kier alpha value is -2.56. The summed E-state index contributed by atoms with van der Waals surface area (Å²) in [6, 6.07) is 8.62. The number of aryl methyl sites for hydroxylation is 1. The zero-order valence-corrected chi connectivity index (χ0v) is 18.5. The van der Waals surface area contributed by atoms with Gasteiger partial charge in [0.1, 0.15) is 5.01 Å². The van der Waals surface area contributed by atoms with Crippen LogP contribution in [0.15, 0.2) is 30.3 Å². The van der Waals surface area contributed by atoms with Crippen LogP contribution in [0, 0.1) is 6.92 Å². The van der Waals surface area contributed by atoms with Gasteiger partial charge >= 0.3 is 0 Å². The summed E-state index contributed by atoms with van der Waals surface area (Å²) in [6.45, 7) is 5.46. The predicted molar refractivity (Wildman–Crippen MR) is 116 cm³/mol. The van der Waals surface area contributed by atoms with E-state index in [1.54, 1.807) is 30.4 Å². The second-order valence-electron chi connectivity index (χ2n) is 8.12. The number of carbonyl (C=O) groups is 2. The minimum absolute atomic E-state index is 0.188. The summed E-state index contributed by atoms with van der Waals surface area (Å²) in [5.74, 6) is -0.188. The number of carboxylic acid groups (broad SMARTS) is 1. The van der Waals surface area contributed by atoms with Crippen molar-refractivity contribution >= 4 is 28.8 Å². The van der Waals surface area contributed by atoms with Crippen molar-refractivity contribution in [2.45, 2.75) is 50.4 Å². The van der Waals surface area contributed by atoms with Crippen LogP contribution < -0.4 is 10.2 Å². The summed E-state index contributed by atoms with van der Waals surface area (Å²) in [6.07, 6.45) is 2.14. The summed E-state index contributed by atoms with van der Waals surface area (Å²) in [4.78, 5) is 23.1. The van der Waals surface area contributed by atoms with E-state index in [2.05, 4.69) is 20.4 Å². The molecule has 0 unspecified atom stereocenters. The lowest BCUT2D eigenvalue weighted by Crippen LogP contribution is -2.64. The van der Waals surface area contributed by atoms with Crippen molar-refractivity contribution in [2.24, 2.45) is 0 Å². The molecule has 1 aromatic heterocycles. The first-order valence-electron chi connectivity index (χ1n) is 10.1. The minimum atomic E-state index is -1.02. The fourth-order valence-electron chi connectivity index (χ4n) is 4.13. The fourth-order valence-corrected chi connectivity index (χ4v) is 4.87. The lowest BCUT2D eigenvalue weighted by molar-refractivity contribution is -0.176. The Labute approximate surface area is 185 Å². The third-order valence-electron chi connectivity index (χ3n) is 5.79. The number of benzene rings is 1. The zero-order valence-electron chi connectivity index (χ0n) is 17.7. The highest BCUT2D eigenvalue weighted by molar-refractivity contribution is 7.15.